The van der Waals surface area contributed by atoms with Gasteiger partial charge < -0.3 is 4.90 Å². The number of anilines is 3. The molecule has 0 saturated heterocycles. The van der Waals surface area contributed by atoms with Crippen molar-refractivity contribution in [1.82, 2.24) is 0 Å². The van der Waals surface area contributed by atoms with Crippen LogP contribution in [-0.4, -0.2) is 0 Å². The van der Waals surface area contributed by atoms with Gasteiger partial charge in [0.2, 0.25) is 0 Å². The largest absolute Gasteiger partial charge is 0.310 e. The van der Waals surface area contributed by atoms with Crippen LogP contribution in [0.1, 0.15) is 0 Å². The van der Waals surface area contributed by atoms with Crippen molar-refractivity contribution in [3.05, 3.63) is 127 Å². The van der Waals surface area contributed by atoms with E-state index in [-0.39, 0.29) is 0 Å². The summed E-state index contributed by atoms with van der Waals surface area (Å²) in [5, 5.41) is 7.64. The molecule has 0 aliphatic heterocycles. The summed E-state index contributed by atoms with van der Waals surface area (Å²) in [5.74, 6) is 0. The van der Waals surface area contributed by atoms with Crippen molar-refractivity contribution in [3.63, 3.8) is 0 Å². The Kier molecular flexibility index (Phi) is 4.18. The smallest absolute Gasteiger partial charge is 0.0540 e. The van der Waals surface area contributed by atoms with Crippen LogP contribution in [-0.2, 0) is 0 Å². The Morgan fingerprint density at radius 1 is 0.355 bits per heavy atom. The second-order valence-electron chi connectivity index (χ2n) is 7.86. The van der Waals surface area contributed by atoms with E-state index in [0.717, 1.165) is 11.4 Å². The van der Waals surface area contributed by atoms with E-state index in [1.807, 2.05) is 0 Å². The third kappa shape index (κ3) is 3.03. The quantitative estimate of drug-likeness (QED) is 0.214. The summed E-state index contributed by atoms with van der Waals surface area (Å²) in [7, 11) is 0. The third-order valence-electron chi connectivity index (χ3n) is 5.99. The molecule has 0 amide bonds. The van der Waals surface area contributed by atoms with E-state index in [4.69, 9.17) is 0 Å². The molecular formula is C30H21N. The molecule has 6 aromatic carbocycles. The second kappa shape index (κ2) is 7.30. The Labute approximate surface area is 181 Å². The van der Waals surface area contributed by atoms with Crippen molar-refractivity contribution in [2.75, 3.05) is 4.90 Å². The molecule has 6 aromatic rings. The van der Waals surface area contributed by atoms with E-state index in [0.29, 0.717) is 0 Å². The molecule has 0 aliphatic carbocycles. The first-order valence-electron chi connectivity index (χ1n) is 10.6. The van der Waals surface area contributed by atoms with E-state index in [1.54, 1.807) is 0 Å². The fourth-order valence-corrected chi connectivity index (χ4v) is 4.54. The Bertz CT molecular complexity index is 1480. The first-order valence-corrected chi connectivity index (χ1v) is 10.6. The number of para-hydroxylation sites is 2. The summed E-state index contributed by atoms with van der Waals surface area (Å²) >= 11 is 0. The summed E-state index contributed by atoms with van der Waals surface area (Å²) < 4.78 is 0. The highest BCUT2D eigenvalue weighted by atomic mass is 15.1. The Morgan fingerprint density at radius 3 is 1.65 bits per heavy atom. The summed E-state index contributed by atoms with van der Waals surface area (Å²) in [6, 6.07) is 45.5. The molecule has 0 bridgehead atoms. The van der Waals surface area contributed by atoms with Crippen molar-refractivity contribution < 1.29 is 0 Å². The molecule has 1 nitrogen and oxygen atoms in total. The van der Waals surface area contributed by atoms with E-state index >= 15 is 0 Å². The van der Waals surface area contributed by atoms with Gasteiger partial charge in [-0.3, -0.25) is 0 Å². The van der Waals surface area contributed by atoms with E-state index < -0.39 is 0 Å². The number of benzene rings is 6. The van der Waals surface area contributed by atoms with Gasteiger partial charge in [0.15, 0.2) is 0 Å². The molecule has 6 rings (SSSR count). The number of hydrogen-bond donors (Lipinski definition) is 0. The number of fused-ring (bicyclic) bond motifs is 4. The number of hydrogen-bond acceptors (Lipinski definition) is 1. The monoisotopic (exact) mass is 395 g/mol. The molecule has 0 saturated carbocycles. The van der Waals surface area contributed by atoms with Crippen LogP contribution in [0, 0.1) is 0 Å². The van der Waals surface area contributed by atoms with Crippen molar-refractivity contribution in [2.24, 2.45) is 0 Å². The summed E-state index contributed by atoms with van der Waals surface area (Å²) in [6.07, 6.45) is 0. The SMILES string of the molecule is c1ccc(N(c2ccccc2)c2cccc3cc4c(ccc5ccccc54)cc23)cc1. The molecular weight excluding hydrogens is 374 g/mol. The van der Waals surface area contributed by atoms with Crippen LogP contribution in [0.4, 0.5) is 17.1 Å². The molecule has 31 heavy (non-hydrogen) atoms. The van der Waals surface area contributed by atoms with Gasteiger partial charge in [-0.2, -0.15) is 0 Å². The van der Waals surface area contributed by atoms with Gasteiger partial charge in [0.05, 0.1) is 5.69 Å². The third-order valence-corrected chi connectivity index (χ3v) is 5.99. The van der Waals surface area contributed by atoms with Crippen molar-refractivity contribution in [1.29, 1.82) is 0 Å². The molecule has 0 aliphatic rings. The maximum atomic E-state index is 2.34. The van der Waals surface area contributed by atoms with Crippen molar-refractivity contribution >= 4 is 49.4 Å². The standard InChI is InChI=1S/C30H21N/c1-3-12-25(13-4-1)31(26-14-5-2-6-15-26)30-17-9-11-23-20-28-24(21-29(23)30)19-18-22-10-7-8-16-27(22)28/h1-21H. The fourth-order valence-electron chi connectivity index (χ4n) is 4.54. The molecule has 0 atom stereocenters. The maximum Gasteiger partial charge on any atom is 0.0540 e. The molecule has 0 heterocycles. The van der Waals surface area contributed by atoms with Crippen molar-refractivity contribution in [2.45, 2.75) is 0 Å². The van der Waals surface area contributed by atoms with Gasteiger partial charge in [-0.05, 0) is 69.4 Å². The minimum atomic E-state index is 1.15. The van der Waals surface area contributed by atoms with E-state index in [9.17, 15) is 0 Å². The Balaban J connectivity index is 1.66. The van der Waals surface area contributed by atoms with E-state index in [2.05, 4.69) is 132 Å². The predicted octanol–water partition coefficient (Wildman–Crippen LogP) is 8.62. The highest BCUT2D eigenvalue weighted by Crippen LogP contribution is 2.40. The van der Waals surface area contributed by atoms with Crippen LogP contribution in [0.5, 0.6) is 0 Å². The summed E-state index contributed by atoms with van der Waals surface area (Å²) in [6.45, 7) is 0. The first-order chi connectivity index (χ1) is 15.4. The van der Waals surface area contributed by atoms with Crippen LogP contribution in [0.25, 0.3) is 32.3 Å². The zero-order valence-electron chi connectivity index (χ0n) is 17.1. The fraction of sp³-hybridized carbons (Fsp3) is 0. The van der Waals surface area contributed by atoms with Gasteiger partial charge in [0.1, 0.15) is 0 Å². The van der Waals surface area contributed by atoms with Crippen LogP contribution in [0.3, 0.4) is 0 Å². The highest BCUT2D eigenvalue weighted by Gasteiger charge is 2.15. The minimum absolute atomic E-state index is 1.15. The molecule has 0 N–H and O–H groups in total. The van der Waals surface area contributed by atoms with Gasteiger partial charge in [-0.15, -0.1) is 0 Å². The van der Waals surface area contributed by atoms with Gasteiger partial charge in [0.25, 0.3) is 0 Å². The Hall–Kier alpha value is -4.10. The predicted molar refractivity (Wildman–Crippen MR) is 134 cm³/mol. The van der Waals surface area contributed by atoms with Crippen LogP contribution < -0.4 is 4.90 Å². The molecule has 146 valence electrons. The van der Waals surface area contributed by atoms with Crippen LogP contribution in [0.15, 0.2) is 127 Å². The van der Waals surface area contributed by atoms with Crippen LogP contribution >= 0.6 is 0 Å². The van der Waals surface area contributed by atoms with Crippen molar-refractivity contribution in [3.8, 4) is 0 Å². The zero-order valence-corrected chi connectivity index (χ0v) is 17.1. The topological polar surface area (TPSA) is 3.24 Å². The molecule has 0 unspecified atom stereocenters. The number of nitrogens with zero attached hydrogens (tertiary/aromatic N) is 1. The molecule has 0 radical (unpaired) electrons. The average molecular weight is 396 g/mol. The van der Waals surface area contributed by atoms with Gasteiger partial charge in [-0.25, -0.2) is 0 Å². The maximum absolute atomic E-state index is 2.34. The molecule has 0 fully saturated rings. The highest BCUT2D eigenvalue weighted by molar-refractivity contribution is 6.14. The summed E-state index contributed by atoms with van der Waals surface area (Å²) in [5.41, 5.74) is 3.49. The second-order valence-corrected chi connectivity index (χ2v) is 7.86. The van der Waals surface area contributed by atoms with Gasteiger partial charge in [-0.1, -0.05) is 84.9 Å². The molecule has 0 aromatic heterocycles. The average Bonchev–Trinajstić information content (AvgIpc) is 2.84. The summed E-state index contributed by atoms with van der Waals surface area (Å²) in [4.78, 5) is 2.34. The normalized spacial score (nSPS) is 11.2. The lowest BCUT2D eigenvalue weighted by Crippen LogP contribution is -2.10. The molecule has 1 heteroatoms. The first kappa shape index (κ1) is 17.7. The number of rotatable bonds is 3. The lowest BCUT2D eigenvalue weighted by atomic mass is 9.97. The Morgan fingerprint density at radius 2 is 0.903 bits per heavy atom. The molecule has 0 spiro atoms. The van der Waals surface area contributed by atoms with Gasteiger partial charge >= 0.3 is 0 Å². The van der Waals surface area contributed by atoms with Gasteiger partial charge in [0, 0.05) is 16.8 Å². The zero-order chi connectivity index (χ0) is 20.6. The lowest BCUT2D eigenvalue weighted by Gasteiger charge is -2.27. The lowest BCUT2D eigenvalue weighted by molar-refractivity contribution is 1.30. The minimum Gasteiger partial charge on any atom is -0.310 e. The van der Waals surface area contributed by atoms with E-state index in [1.165, 1.54) is 38.0 Å². The van der Waals surface area contributed by atoms with Crippen LogP contribution in [0.2, 0.25) is 0 Å².